The number of para-hydroxylation sites is 2. The molecule has 2 aromatic carbocycles. The molecular formula is C22H25N5O2. The van der Waals surface area contributed by atoms with Crippen molar-refractivity contribution < 1.29 is 9.53 Å². The number of anilines is 1. The smallest absolute Gasteiger partial charge is 0.257 e. The van der Waals surface area contributed by atoms with Crippen molar-refractivity contribution in [3.05, 3.63) is 59.9 Å². The summed E-state index contributed by atoms with van der Waals surface area (Å²) in [7, 11) is 0. The second-order valence-electron chi connectivity index (χ2n) is 7.04. The van der Waals surface area contributed by atoms with Gasteiger partial charge in [0.2, 0.25) is 0 Å². The number of ether oxygens (including phenoxy) is 1. The number of amides is 1. The Labute approximate surface area is 170 Å². The molecule has 7 heteroatoms. The van der Waals surface area contributed by atoms with E-state index in [1.165, 1.54) is 0 Å². The van der Waals surface area contributed by atoms with Gasteiger partial charge in [0.05, 0.1) is 24.2 Å². The largest absolute Gasteiger partial charge is 0.493 e. The van der Waals surface area contributed by atoms with E-state index in [1.807, 2.05) is 60.4 Å². The predicted molar refractivity (Wildman–Crippen MR) is 113 cm³/mol. The molecule has 0 spiro atoms. The number of nitrogen functional groups attached to an aromatic ring is 1. The van der Waals surface area contributed by atoms with E-state index in [-0.39, 0.29) is 5.91 Å². The van der Waals surface area contributed by atoms with Crippen LogP contribution in [-0.2, 0) is 6.54 Å². The van der Waals surface area contributed by atoms with Crippen LogP contribution in [-0.4, -0.2) is 58.5 Å². The summed E-state index contributed by atoms with van der Waals surface area (Å²) in [6, 6.07) is 15.2. The second-order valence-corrected chi connectivity index (χ2v) is 7.04. The van der Waals surface area contributed by atoms with Crippen molar-refractivity contribution in [1.82, 2.24) is 19.8 Å². The zero-order chi connectivity index (χ0) is 20.2. The molecule has 1 fully saturated rings. The Morgan fingerprint density at radius 3 is 2.55 bits per heavy atom. The summed E-state index contributed by atoms with van der Waals surface area (Å²) >= 11 is 0. The van der Waals surface area contributed by atoms with E-state index in [4.69, 9.17) is 10.5 Å². The topological polar surface area (TPSA) is 84.6 Å². The SMILES string of the molecule is CCOc1ccccc1C(=O)N1CCN(Cc2nc(N)c3ccccc3n2)CC1. The first kappa shape index (κ1) is 19.1. The molecule has 150 valence electrons. The van der Waals surface area contributed by atoms with Crippen molar-refractivity contribution in [3.8, 4) is 5.75 Å². The van der Waals surface area contributed by atoms with Crippen LogP contribution < -0.4 is 10.5 Å². The Kier molecular flexibility index (Phi) is 5.57. The van der Waals surface area contributed by atoms with E-state index in [1.54, 1.807) is 0 Å². The number of rotatable bonds is 5. The summed E-state index contributed by atoms with van der Waals surface area (Å²) in [6.07, 6.45) is 0. The number of carbonyl (C=O) groups excluding carboxylic acids is 1. The molecule has 1 aliphatic rings. The van der Waals surface area contributed by atoms with Crippen LogP contribution in [0.15, 0.2) is 48.5 Å². The normalized spacial score (nSPS) is 14.9. The summed E-state index contributed by atoms with van der Waals surface area (Å²) in [5, 5.41) is 0.875. The number of benzene rings is 2. The van der Waals surface area contributed by atoms with Crippen molar-refractivity contribution in [1.29, 1.82) is 0 Å². The first-order valence-electron chi connectivity index (χ1n) is 9.90. The van der Waals surface area contributed by atoms with Crippen LogP contribution in [0.4, 0.5) is 5.82 Å². The van der Waals surface area contributed by atoms with E-state index in [0.717, 1.165) is 24.0 Å². The van der Waals surface area contributed by atoms with Gasteiger partial charge in [-0.2, -0.15) is 0 Å². The van der Waals surface area contributed by atoms with Crippen LogP contribution in [0, 0.1) is 0 Å². The summed E-state index contributed by atoms with van der Waals surface area (Å²) in [5.74, 6) is 1.87. The molecule has 0 saturated carbocycles. The number of aromatic nitrogens is 2. The van der Waals surface area contributed by atoms with Gasteiger partial charge in [0.25, 0.3) is 5.91 Å². The standard InChI is InChI=1S/C22H25N5O2/c1-2-29-19-10-6-4-8-17(19)22(28)27-13-11-26(12-14-27)15-20-24-18-9-5-3-7-16(18)21(23)25-20/h3-10H,2,11-15H2,1H3,(H2,23,24,25). The first-order chi connectivity index (χ1) is 14.2. The maximum atomic E-state index is 12.9. The molecule has 2 N–H and O–H groups in total. The molecule has 3 aromatic rings. The highest BCUT2D eigenvalue weighted by molar-refractivity contribution is 5.97. The van der Waals surface area contributed by atoms with Crippen molar-refractivity contribution in [2.24, 2.45) is 0 Å². The fraction of sp³-hybridized carbons (Fsp3) is 0.318. The number of fused-ring (bicyclic) bond motifs is 1. The minimum absolute atomic E-state index is 0.0138. The molecule has 7 nitrogen and oxygen atoms in total. The van der Waals surface area contributed by atoms with Gasteiger partial charge in [-0.05, 0) is 31.2 Å². The fourth-order valence-corrected chi connectivity index (χ4v) is 3.63. The van der Waals surface area contributed by atoms with Crippen LogP contribution >= 0.6 is 0 Å². The van der Waals surface area contributed by atoms with Gasteiger partial charge < -0.3 is 15.4 Å². The van der Waals surface area contributed by atoms with Crippen LogP contribution in [0.2, 0.25) is 0 Å². The Hall–Kier alpha value is -3.19. The van der Waals surface area contributed by atoms with Crippen molar-refractivity contribution >= 4 is 22.6 Å². The van der Waals surface area contributed by atoms with Crippen LogP contribution in [0.5, 0.6) is 5.75 Å². The molecule has 2 heterocycles. The monoisotopic (exact) mass is 391 g/mol. The Balaban J connectivity index is 1.40. The summed E-state index contributed by atoms with van der Waals surface area (Å²) in [6.45, 7) is 5.91. The minimum atomic E-state index is 0.0138. The molecule has 0 unspecified atom stereocenters. The van der Waals surface area contributed by atoms with Gasteiger partial charge in [-0.15, -0.1) is 0 Å². The van der Waals surface area contributed by atoms with Crippen LogP contribution in [0.25, 0.3) is 10.9 Å². The van der Waals surface area contributed by atoms with E-state index in [0.29, 0.717) is 49.2 Å². The number of nitrogens with two attached hydrogens (primary N) is 1. The lowest BCUT2D eigenvalue weighted by molar-refractivity contribution is 0.0622. The van der Waals surface area contributed by atoms with Gasteiger partial charge in [0, 0.05) is 31.6 Å². The Bertz CT molecular complexity index is 1020. The fourth-order valence-electron chi connectivity index (χ4n) is 3.63. The van der Waals surface area contributed by atoms with E-state index in [9.17, 15) is 4.79 Å². The highest BCUT2D eigenvalue weighted by Gasteiger charge is 2.24. The van der Waals surface area contributed by atoms with Gasteiger partial charge in [0.1, 0.15) is 17.4 Å². The molecule has 4 rings (SSSR count). The lowest BCUT2D eigenvalue weighted by atomic mass is 10.1. The predicted octanol–water partition coefficient (Wildman–Crippen LogP) is 2.57. The molecule has 0 atom stereocenters. The summed E-state index contributed by atoms with van der Waals surface area (Å²) in [4.78, 5) is 26.2. The lowest BCUT2D eigenvalue weighted by Crippen LogP contribution is -2.48. The zero-order valence-corrected chi connectivity index (χ0v) is 16.5. The third-order valence-corrected chi connectivity index (χ3v) is 5.12. The quantitative estimate of drug-likeness (QED) is 0.720. The molecule has 0 aliphatic carbocycles. The Morgan fingerprint density at radius 1 is 1.03 bits per heavy atom. The molecule has 1 amide bonds. The van der Waals surface area contributed by atoms with Crippen LogP contribution in [0.3, 0.4) is 0 Å². The molecular weight excluding hydrogens is 366 g/mol. The molecule has 1 saturated heterocycles. The zero-order valence-electron chi connectivity index (χ0n) is 16.5. The highest BCUT2D eigenvalue weighted by Crippen LogP contribution is 2.21. The van der Waals surface area contributed by atoms with Gasteiger partial charge in [-0.1, -0.05) is 24.3 Å². The second kappa shape index (κ2) is 8.45. The summed E-state index contributed by atoms with van der Waals surface area (Å²) < 4.78 is 5.61. The van der Waals surface area contributed by atoms with Gasteiger partial charge >= 0.3 is 0 Å². The summed E-state index contributed by atoms with van der Waals surface area (Å²) in [5.41, 5.74) is 7.57. The highest BCUT2D eigenvalue weighted by atomic mass is 16.5. The van der Waals surface area contributed by atoms with Crippen molar-refractivity contribution in [3.63, 3.8) is 0 Å². The third kappa shape index (κ3) is 4.14. The van der Waals surface area contributed by atoms with E-state index in [2.05, 4.69) is 14.9 Å². The first-order valence-corrected chi connectivity index (χ1v) is 9.90. The number of piperazine rings is 1. The van der Waals surface area contributed by atoms with Crippen molar-refractivity contribution in [2.45, 2.75) is 13.5 Å². The maximum Gasteiger partial charge on any atom is 0.257 e. The Morgan fingerprint density at radius 2 is 1.76 bits per heavy atom. The van der Waals surface area contributed by atoms with Gasteiger partial charge in [0.15, 0.2) is 0 Å². The average molecular weight is 391 g/mol. The minimum Gasteiger partial charge on any atom is -0.493 e. The average Bonchev–Trinajstić information content (AvgIpc) is 2.74. The molecule has 0 bridgehead atoms. The third-order valence-electron chi connectivity index (χ3n) is 5.12. The van der Waals surface area contributed by atoms with E-state index >= 15 is 0 Å². The van der Waals surface area contributed by atoms with E-state index < -0.39 is 0 Å². The van der Waals surface area contributed by atoms with Crippen LogP contribution in [0.1, 0.15) is 23.1 Å². The number of hydrogen-bond acceptors (Lipinski definition) is 6. The molecule has 29 heavy (non-hydrogen) atoms. The van der Waals surface area contributed by atoms with Gasteiger partial charge in [-0.3, -0.25) is 9.69 Å². The molecule has 1 aromatic heterocycles. The number of carbonyl (C=O) groups is 1. The molecule has 0 radical (unpaired) electrons. The maximum absolute atomic E-state index is 12.9. The number of hydrogen-bond donors (Lipinski definition) is 1. The number of nitrogens with zero attached hydrogens (tertiary/aromatic N) is 4. The van der Waals surface area contributed by atoms with Crippen molar-refractivity contribution in [2.75, 3.05) is 38.5 Å². The van der Waals surface area contributed by atoms with Gasteiger partial charge in [-0.25, -0.2) is 9.97 Å². The lowest BCUT2D eigenvalue weighted by Gasteiger charge is -2.34. The molecule has 1 aliphatic heterocycles.